The molecule has 0 fully saturated rings. The van der Waals surface area contributed by atoms with E-state index in [1.165, 1.54) is 12.4 Å². The van der Waals surface area contributed by atoms with Crippen LogP contribution >= 0.6 is 0 Å². The summed E-state index contributed by atoms with van der Waals surface area (Å²) in [5, 5.41) is 3.42. The molecule has 0 saturated heterocycles. The maximum atomic E-state index is 15.5. The van der Waals surface area contributed by atoms with Crippen molar-refractivity contribution >= 4 is 22.5 Å². The van der Waals surface area contributed by atoms with Gasteiger partial charge in [0.05, 0.1) is 18.3 Å². The summed E-state index contributed by atoms with van der Waals surface area (Å²) < 4.78 is 28.3. The van der Waals surface area contributed by atoms with Gasteiger partial charge in [0.25, 0.3) is 0 Å². The van der Waals surface area contributed by atoms with E-state index in [1.807, 2.05) is 66.1 Å². The molecule has 0 radical (unpaired) electrons. The molecule has 3 aromatic heterocycles. The van der Waals surface area contributed by atoms with E-state index in [4.69, 9.17) is 15.2 Å². The van der Waals surface area contributed by atoms with Crippen LogP contribution in [0.3, 0.4) is 0 Å². The van der Waals surface area contributed by atoms with E-state index >= 15 is 4.39 Å². The van der Waals surface area contributed by atoms with E-state index in [2.05, 4.69) is 25.3 Å². The van der Waals surface area contributed by atoms with Crippen LogP contribution in [0.15, 0.2) is 91.4 Å². The normalized spacial score (nSPS) is 11.0. The zero-order chi connectivity index (χ0) is 28.3. The highest BCUT2D eigenvalue weighted by atomic mass is 19.1. The third-order valence-corrected chi connectivity index (χ3v) is 6.56. The van der Waals surface area contributed by atoms with E-state index in [9.17, 15) is 0 Å². The lowest BCUT2D eigenvalue weighted by molar-refractivity contribution is 0.410. The summed E-state index contributed by atoms with van der Waals surface area (Å²) in [6.07, 6.45) is 3.07. The van der Waals surface area contributed by atoms with Gasteiger partial charge in [-0.05, 0) is 66.6 Å². The summed E-state index contributed by atoms with van der Waals surface area (Å²) >= 11 is 0. The molecule has 0 aliphatic heterocycles. The lowest BCUT2D eigenvalue weighted by atomic mass is 10.1. The number of nitrogens with zero attached hydrogens (tertiary/aromatic N) is 5. The maximum Gasteiger partial charge on any atom is 0.322 e. The predicted octanol–water partition coefficient (Wildman–Crippen LogP) is 6.32. The standard InChI is InChI=1S/C31H26FN7O2/c1-19-13-14-34-31(38-19)41-28-12-9-23(15-25(28)32)39-27(21-5-7-22(33)8-6-21)16-26-29(39)30(37-18-36-26)35-17-20-3-10-24(40-2)11-4-20/h3-16,18H,17,33H2,1-2H3,(H,35,36,37). The number of nitrogen functional groups attached to an aromatic ring is 1. The summed E-state index contributed by atoms with van der Waals surface area (Å²) in [5.41, 5.74) is 12.0. The Morgan fingerprint density at radius 2 is 1.73 bits per heavy atom. The lowest BCUT2D eigenvalue weighted by Crippen LogP contribution is -2.06. The third-order valence-electron chi connectivity index (χ3n) is 6.56. The van der Waals surface area contributed by atoms with E-state index in [1.54, 1.807) is 31.5 Å². The molecule has 3 heterocycles. The first-order valence-electron chi connectivity index (χ1n) is 12.8. The molecule has 6 rings (SSSR count). The largest absolute Gasteiger partial charge is 0.497 e. The molecule has 0 atom stereocenters. The van der Waals surface area contributed by atoms with Crippen molar-refractivity contribution in [3.05, 3.63) is 108 Å². The average Bonchev–Trinajstić information content (AvgIpc) is 3.38. The summed E-state index contributed by atoms with van der Waals surface area (Å²) in [7, 11) is 1.63. The minimum absolute atomic E-state index is 0.0129. The number of aromatic nitrogens is 5. The fourth-order valence-corrected chi connectivity index (χ4v) is 4.51. The van der Waals surface area contributed by atoms with E-state index in [-0.39, 0.29) is 11.8 Å². The molecule has 10 heteroatoms. The predicted molar refractivity (Wildman–Crippen MR) is 156 cm³/mol. The number of fused-ring (bicyclic) bond motifs is 1. The number of benzene rings is 3. The highest BCUT2D eigenvalue weighted by Crippen LogP contribution is 2.35. The van der Waals surface area contributed by atoms with Crippen LogP contribution in [0.1, 0.15) is 11.3 Å². The van der Waals surface area contributed by atoms with E-state index < -0.39 is 5.82 Å². The minimum Gasteiger partial charge on any atom is -0.497 e. The first kappa shape index (κ1) is 25.8. The van der Waals surface area contributed by atoms with Crippen molar-refractivity contribution in [1.29, 1.82) is 0 Å². The maximum absolute atomic E-state index is 15.5. The van der Waals surface area contributed by atoms with Crippen LogP contribution in [0.25, 0.3) is 28.0 Å². The summed E-state index contributed by atoms with van der Waals surface area (Å²) in [6.45, 7) is 2.32. The van der Waals surface area contributed by atoms with Crippen LogP contribution in [-0.4, -0.2) is 31.6 Å². The first-order valence-corrected chi connectivity index (χ1v) is 12.8. The van der Waals surface area contributed by atoms with Crippen molar-refractivity contribution < 1.29 is 13.9 Å². The zero-order valence-electron chi connectivity index (χ0n) is 22.4. The van der Waals surface area contributed by atoms with Crippen molar-refractivity contribution in [3.8, 4) is 34.5 Å². The Hall–Kier alpha value is -5.51. The van der Waals surface area contributed by atoms with Gasteiger partial charge in [0.2, 0.25) is 0 Å². The topological polar surface area (TPSA) is 113 Å². The number of anilines is 2. The highest BCUT2D eigenvalue weighted by Gasteiger charge is 2.19. The van der Waals surface area contributed by atoms with Gasteiger partial charge < -0.3 is 25.1 Å². The number of aryl methyl sites for hydroxylation is 1. The SMILES string of the molecule is COc1ccc(CNc2ncnc3cc(-c4ccc(N)cc4)n(-c4ccc(Oc5nccc(C)n5)c(F)c4)c23)cc1. The monoisotopic (exact) mass is 547 g/mol. The minimum atomic E-state index is -0.567. The van der Waals surface area contributed by atoms with Gasteiger partial charge in [-0.2, -0.15) is 0 Å². The van der Waals surface area contributed by atoms with Crippen molar-refractivity contribution in [2.45, 2.75) is 13.5 Å². The smallest absolute Gasteiger partial charge is 0.322 e. The van der Waals surface area contributed by atoms with E-state index in [0.29, 0.717) is 40.5 Å². The first-order chi connectivity index (χ1) is 20.0. The number of ether oxygens (including phenoxy) is 2. The molecule has 6 aromatic rings. The second-order valence-electron chi connectivity index (χ2n) is 9.34. The Morgan fingerprint density at radius 3 is 2.46 bits per heavy atom. The van der Waals surface area contributed by atoms with Gasteiger partial charge in [0, 0.05) is 35.9 Å². The Labute approximate surface area is 235 Å². The number of hydrogen-bond donors (Lipinski definition) is 2. The van der Waals surface area contributed by atoms with Gasteiger partial charge >= 0.3 is 6.01 Å². The Balaban J connectivity index is 1.44. The van der Waals surface area contributed by atoms with Gasteiger partial charge in [0.1, 0.15) is 17.6 Å². The van der Waals surface area contributed by atoms with Gasteiger partial charge in [0.15, 0.2) is 17.4 Å². The van der Waals surface area contributed by atoms with E-state index in [0.717, 1.165) is 22.6 Å². The molecule has 3 N–H and O–H groups in total. The Kier molecular flexibility index (Phi) is 6.87. The molecule has 3 aromatic carbocycles. The molecular weight excluding hydrogens is 521 g/mol. The number of methoxy groups -OCH3 is 1. The summed E-state index contributed by atoms with van der Waals surface area (Å²) in [6, 6.07) is 23.8. The van der Waals surface area contributed by atoms with Gasteiger partial charge in [-0.1, -0.05) is 24.3 Å². The molecule has 0 aliphatic rings. The second kappa shape index (κ2) is 10.9. The van der Waals surface area contributed by atoms with Crippen molar-refractivity contribution in [1.82, 2.24) is 24.5 Å². The number of halogens is 1. The van der Waals surface area contributed by atoms with Crippen LogP contribution in [0.5, 0.6) is 17.5 Å². The molecule has 204 valence electrons. The van der Waals surface area contributed by atoms with Crippen molar-refractivity contribution in [2.75, 3.05) is 18.2 Å². The molecule has 0 unspecified atom stereocenters. The van der Waals surface area contributed by atoms with Crippen LogP contribution in [-0.2, 0) is 6.54 Å². The fraction of sp³-hybridized carbons (Fsp3) is 0.0968. The number of rotatable bonds is 8. The summed E-state index contributed by atoms with van der Waals surface area (Å²) in [4.78, 5) is 17.3. The molecule has 0 amide bonds. The van der Waals surface area contributed by atoms with Crippen LogP contribution < -0.4 is 20.5 Å². The summed E-state index contributed by atoms with van der Waals surface area (Å²) in [5.74, 6) is 0.825. The quantitative estimate of drug-likeness (QED) is 0.213. The Morgan fingerprint density at radius 1 is 0.927 bits per heavy atom. The van der Waals surface area contributed by atoms with Crippen LogP contribution in [0.4, 0.5) is 15.9 Å². The van der Waals surface area contributed by atoms with Crippen molar-refractivity contribution in [2.24, 2.45) is 0 Å². The van der Waals surface area contributed by atoms with Gasteiger partial charge in [-0.3, -0.25) is 0 Å². The molecule has 9 nitrogen and oxygen atoms in total. The highest BCUT2D eigenvalue weighted by molar-refractivity contribution is 5.93. The number of hydrogen-bond acceptors (Lipinski definition) is 8. The molecule has 0 aliphatic carbocycles. The molecule has 41 heavy (non-hydrogen) atoms. The Bertz CT molecular complexity index is 1840. The second-order valence-corrected chi connectivity index (χ2v) is 9.34. The zero-order valence-corrected chi connectivity index (χ0v) is 22.4. The number of nitrogens with two attached hydrogens (primary N) is 1. The van der Waals surface area contributed by atoms with Crippen molar-refractivity contribution in [3.63, 3.8) is 0 Å². The molecule has 0 saturated carbocycles. The van der Waals surface area contributed by atoms with Gasteiger partial charge in [-0.25, -0.2) is 24.3 Å². The van der Waals surface area contributed by atoms with Gasteiger partial charge in [-0.15, -0.1) is 0 Å². The molecule has 0 spiro atoms. The third kappa shape index (κ3) is 5.35. The average molecular weight is 548 g/mol. The number of nitrogens with one attached hydrogen (secondary N) is 1. The van der Waals surface area contributed by atoms with Crippen LogP contribution in [0, 0.1) is 12.7 Å². The fourth-order valence-electron chi connectivity index (χ4n) is 4.51. The van der Waals surface area contributed by atoms with Crippen LogP contribution in [0.2, 0.25) is 0 Å². The lowest BCUT2D eigenvalue weighted by Gasteiger charge is -2.15. The molecular formula is C31H26FN7O2. The molecule has 0 bridgehead atoms.